The van der Waals surface area contributed by atoms with E-state index in [0.717, 1.165) is 0 Å². The van der Waals surface area contributed by atoms with Gasteiger partial charge in [-0.1, -0.05) is 12.1 Å². The van der Waals surface area contributed by atoms with Crippen LogP contribution in [0.2, 0.25) is 0 Å². The lowest BCUT2D eigenvalue weighted by Gasteiger charge is -2.09. The van der Waals surface area contributed by atoms with E-state index in [2.05, 4.69) is 26.7 Å². The van der Waals surface area contributed by atoms with Crippen LogP contribution in [-0.4, -0.2) is 36.1 Å². The number of rotatable bonds is 6. The first-order chi connectivity index (χ1) is 11.1. The number of hydrogen-bond donors (Lipinski definition) is 2. The molecule has 0 bridgehead atoms. The average Bonchev–Trinajstić information content (AvgIpc) is 2.55. The molecule has 0 fully saturated rings. The number of carbonyl (C=O) groups excluding carboxylic acids is 1. The summed E-state index contributed by atoms with van der Waals surface area (Å²) in [6.45, 7) is 2.60. The lowest BCUT2D eigenvalue weighted by Crippen LogP contribution is -2.28. The van der Waals surface area contributed by atoms with Crippen molar-refractivity contribution in [2.75, 3.05) is 25.6 Å². The SMILES string of the molecule is COCCNC(=O)c1cc(C)nc(Nc2ccccc2C#N)n1. The van der Waals surface area contributed by atoms with E-state index in [1.807, 2.05) is 0 Å². The quantitative estimate of drug-likeness (QED) is 0.789. The maximum Gasteiger partial charge on any atom is 0.270 e. The molecule has 1 heterocycles. The first-order valence-corrected chi connectivity index (χ1v) is 7.03. The zero-order valence-corrected chi connectivity index (χ0v) is 13.0. The van der Waals surface area contributed by atoms with Crippen molar-refractivity contribution in [1.82, 2.24) is 15.3 Å². The number of hydrogen-bond acceptors (Lipinski definition) is 6. The van der Waals surface area contributed by atoms with Crippen LogP contribution >= 0.6 is 0 Å². The van der Waals surface area contributed by atoms with E-state index < -0.39 is 0 Å². The van der Waals surface area contributed by atoms with Crippen molar-refractivity contribution >= 4 is 17.5 Å². The smallest absolute Gasteiger partial charge is 0.270 e. The van der Waals surface area contributed by atoms with Gasteiger partial charge in [0.05, 0.1) is 17.9 Å². The number of benzene rings is 1. The van der Waals surface area contributed by atoms with E-state index in [1.54, 1.807) is 44.4 Å². The van der Waals surface area contributed by atoms with E-state index >= 15 is 0 Å². The second-order valence-electron chi connectivity index (χ2n) is 4.75. The molecule has 1 aromatic heterocycles. The molecule has 0 saturated heterocycles. The third-order valence-electron chi connectivity index (χ3n) is 2.97. The first-order valence-electron chi connectivity index (χ1n) is 7.03. The average molecular weight is 311 g/mol. The molecule has 0 unspecified atom stereocenters. The van der Waals surface area contributed by atoms with Crippen LogP contribution in [0.5, 0.6) is 0 Å². The standard InChI is InChI=1S/C16H17N5O2/c1-11-9-14(15(22)18-7-8-23-2)21-16(19-11)20-13-6-4-3-5-12(13)10-17/h3-6,9H,7-8H2,1-2H3,(H,18,22)(H,19,20,21). The number of aryl methyl sites for hydroxylation is 1. The highest BCUT2D eigenvalue weighted by molar-refractivity contribution is 5.92. The van der Waals surface area contributed by atoms with E-state index in [4.69, 9.17) is 10.00 Å². The fraction of sp³-hybridized carbons (Fsp3) is 0.250. The number of para-hydroxylation sites is 1. The predicted molar refractivity (Wildman–Crippen MR) is 85.4 cm³/mol. The monoisotopic (exact) mass is 311 g/mol. The Kier molecular flexibility index (Phi) is 5.61. The Labute approximate surface area is 134 Å². The minimum atomic E-state index is -0.302. The van der Waals surface area contributed by atoms with Gasteiger partial charge in [0, 0.05) is 19.3 Å². The molecule has 7 nitrogen and oxygen atoms in total. The summed E-state index contributed by atoms with van der Waals surface area (Å²) in [5.41, 5.74) is 1.97. The van der Waals surface area contributed by atoms with Crippen LogP contribution in [0, 0.1) is 18.3 Å². The van der Waals surface area contributed by atoms with Gasteiger partial charge in [-0.2, -0.15) is 5.26 Å². The van der Waals surface area contributed by atoms with Crippen LogP contribution in [0.25, 0.3) is 0 Å². The number of anilines is 2. The third kappa shape index (κ3) is 4.49. The van der Waals surface area contributed by atoms with Gasteiger partial charge in [-0.3, -0.25) is 4.79 Å². The Hall–Kier alpha value is -2.98. The van der Waals surface area contributed by atoms with Crippen LogP contribution in [-0.2, 0) is 4.74 Å². The molecule has 0 saturated carbocycles. The lowest BCUT2D eigenvalue weighted by atomic mass is 10.2. The molecular formula is C16H17N5O2. The van der Waals surface area contributed by atoms with Crippen LogP contribution in [0.3, 0.4) is 0 Å². The van der Waals surface area contributed by atoms with Crippen molar-refractivity contribution in [1.29, 1.82) is 5.26 Å². The fourth-order valence-corrected chi connectivity index (χ4v) is 1.91. The highest BCUT2D eigenvalue weighted by atomic mass is 16.5. The molecule has 0 aliphatic heterocycles. The molecule has 2 N–H and O–H groups in total. The lowest BCUT2D eigenvalue weighted by molar-refractivity contribution is 0.0932. The molecule has 0 radical (unpaired) electrons. The molecule has 1 amide bonds. The maximum atomic E-state index is 12.1. The zero-order chi connectivity index (χ0) is 16.7. The predicted octanol–water partition coefficient (Wildman–Crippen LogP) is 1.78. The van der Waals surface area contributed by atoms with Gasteiger partial charge in [0.25, 0.3) is 5.91 Å². The number of ether oxygens (including phenoxy) is 1. The molecule has 0 aliphatic rings. The van der Waals surface area contributed by atoms with E-state index in [9.17, 15) is 4.79 Å². The normalized spacial score (nSPS) is 9.96. The van der Waals surface area contributed by atoms with Crippen molar-refractivity contribution < 1.29 is 9.53 Å². The zero-order valence-electron chi connectivity index (χ0n) is 13.0. The van der Waals surface area contributed by atoms with E-state index in [0.29, 0.717) is 30.1 Å². The Morgan fingerprint density at radius 1 is 1.35 bits per heavy atom. The fourth-order valence-electron chi connectivity index (χ4n) is 1.91. The molecule has 7 heteroatoms. The van der Waals surface area contributed by atoms with Crippen molar-refractivity contribution in [2.45, 2.75) is 6.92 Å². The van der Waals surface area contributed by atoms with Gasteiger partial charge >= 0.3 is 0 Å². The van der Waals surface area contributed by atoms with Gasteiger partial charge in [-0.25, -0.2) is 9.97 Å². The maximum absolute atomic E-state index is 12.1. The van der Waals surface area contributed by atoms with Gasteiger partial charge in [0.1, 0.15) is 11.8 Å². The van der Waals surface area contributed by atoms with Gasteiger partial charge in [0.2, 0.25) is 5.95 Å². The summed E-state index contributed by atoms with van der Waals surface area (Å²) in [6.07, 6.45) is 0. The molecule has 2 rings (SSSR count). The van der Waals surface area contributed by atoms with Gasteiger partial charge in [-0.15, -0.1) is 0 Å². The summed E-state index contributed by atoms with van der Waals surface area (Å²) in [6, 6.07) is 10.7. The molecule has 2 aromatic rings. The Morgan fingerprint density at radius 3 is 2.87 bits per heavy atom. The number of methoxy groups -OCH3 is 1. The van der Waals surface area contributed by atoms with Crippen LogP contribution in [0.4, 0.5) is 11.6 Å². The number of nitrogens with one attached hydrogen (secondary N) is 2. The van der Waals surface area contributed by atoms with Gasteiger partial charge in [0.15, 0.2) is 0 Å². The molecule has 1 aromatic carbocycles. The van der Waals surface area contributed by atoms with Gasteiger partial charge in [-0.05, 0) is 25.1 Å². The summed E-state index contributed by atoms with van der Waals surface area (Å²) >= 11 is 0. The number of nitriles is 1. The Morgan fingerprint density at radius 2 is 2.13 bits per heavy atom. The summed E-state index contributed by atoms with van der Waals surface area (Å²) in [7, 11) is 1.57. The second kappa shape index (κ2) is 7.87. The van der Waals surface area contributed by atoms with E-state index in [1.165, 1.54) is 0 Å². The summed E-state index contributed by atoms with van der Waals surface area (Å²) in [5, 5.41) is 14.8. The first kappa shape index (κ1) is 16.4. The summed E-state index contributed by atoms with van der Waals surface area (Å²) in [4.78, 5) is 20.5. The largest absolute Gasteiger partial charge is 0.383 e. The molecule has 0 aliphatic carbocycles. The highest BCUT2D eigenvalue weighted by Crippen LogP contribution is 2.18. The summed E-state index contributed by atoms with van der Waals surface area (Å²) in [5.74, 6) is -0.0336. The Balaban J connectivity index is 2.20. The minimum Gasteiger partial charge on any atom is -0.383 e. The molecule has 0 spiro atoms. The topological polar surface area (TPSA) is 99.9 Å². The third-order valence-corrected chi connectivity index (χ3v) is 2.97. The highest BCUT2D eigenvalue weighted by Gasteiger charge is 2.11. The molecular weight excluding hydrogens is 294 g/mol. The summed E-state index contributed by atoms with van der Waals surface area (Å²) < 4.78 is 4.89. The van der Waals surface area contributed by atoms with Crippen molar-refractivity contribution in [3.8, 4) is 6.07 Å². The number of amides is 1. The van der Waals surface area contributed by atoms with E-state index in [-0.39, 0.29) is 17.5 Å². The van der Waals surface area contributed by atoms with Crippen LogP contribution < -0.4 is 10.6 Å². The van der Waals surface area contributed by atoms with Crippen LogP contribution in [0.1, 0.15) is 21.7 Å². The number of aromatic nitrogens is 2. The Bertz CT molecular complexity index is 739. The second-order valence-corrected chi connectivity index (χ2v) is 4.75. The van der Waals surface area contributed by atoms with Crippen molar-refractivity contribution in [3.63, 3.8) is 0 Å². The molecule has 23 heavy (non-hydrogen) atoms. The van der Waals surface area contributed by atoms with Crippen molar-refractivity contribution in [2.24, 2.45) is 0 Å². The number of carbonyl (C=O) groups is 1. The molecule has 0 atom stereocenters. The van der Waals surface area contributed by atoms with Crippen molar-refractivity contribution in [3.05, 3.63) is 47.3 Å². The van der Waals surface area contributed by atoms with Crippen LogP contribution in [0.15, 0.2) is 30.3 Å². The number of nitrogens with zero attached hydrogens (tertiary/aromatic N) is 3. The minimum absolute atomic E-state index is 0.255. The van der Waals surface area contributed by atoms with Gasteiger partial charge < -0.3 is 15.4 Å². The molecule has 118 valence electrons.